The van der Waals surface area contributed by atoms with Crippen LogP contribution < -0.4 is 5.32 Å². The zero-order valence-electron chi connectivity index (χ0n) is 14.4. The summed E-state index contributed by atoms with van der Waals surface area (Å²) < 4.78 is 12.8. The van der Waals surface area contributed by atoms with Gasteiger partial charge in [0, 0.05) is 38.3 Å². The first-order valence-electron chi connectivity index (χ1n) is 8.19. The Kier molecular flexibility index (Phi) is 6.27. The van der Waals surface area contributed by atoms with Crippen molar-refractivity contribution in [3.63, 3.8) is 0 Å². The summed E-state index contributed by atoms with van der Waals surface area (Å²) in [7, 11) is 0. The molecule has 134 valence electrons. The van der Waals surface area contributed by atoms with Gasteiger partial charge in [-0.15, -0.1) is 0 Å². The molecular weight excluding hydrogens is 325 g/mol. The van der Waals surface area contributed by atoms with Crippen molar-refractivity contribution in [3.05, 3.63) is 41.7 Å². The zero-order chi connectivity index (χ0) is 18.4. The molecule has 3 amide bonds. The van der Waals surface area contributed by atoms with E-state index in [1.54, 1.807) is 37.0 Å². The highest BCUT2D eigenvalue weighted by Gasteiger charge is 2.27. The molecule has 0 saturated carbocycles. The van der Waals surface area contributed by atoms with Crippen LogP contribution in [0.4, 0.5) is 4.39 Å². The Balaban J connectivity index is 1.84. The Morgan fingerprint density at radius 2 is 1.60 bits per heavy atom. The lowest BCUT2D eigenvalue weighted by Crippen LogP contribution is -2.54. The molecule has 0 aliphatic carbocycles. The Morgan fingerprint density at radius 3 is 2.16 bits per heavy atom. The second-order valence-electron chi connectivity index (χ2n) is 6.13. The minimum absolute atomic E-state index is 0.101. The fourth-order valence-electron chi connectivity index (χ4n) is 2.44. The molecule has 0 unspecified atom stereocenters. The molecule has 6 nitrogen and oxygen atoms in total. The van der Waals surface area contributed by atoms with Crippen molar-refractivity contribution in [2.75, 3.05) is 26.2 Å². The van der Waals surface area contributed by atoms with Crippen LogP contribution >= 0.6 is 0 Å². The van der Waals surface area contributed by atoms with Crippen molar-refractivity contribution in [3.8, 4) is 0 Å². The van der Waals surface area contributed by atoms with Crippen LogP contribution in [0.2, 0.25) is 0 Å². The monoisotopic (exact) mass is 347 g/mol. The van der Waals surface area contributed by atoms with Gasteiger partial charge >= 0.3 is 11.8 Å². The first-order chi connectivity index (χ1) is 11.9. The van der Waals surface area contributed by atoms with E-state index in [-0.39, 0.29) is 17.8 Å². The molecule has 1 aromatic carbocycles. The van der Waals surface area contributed by atoms with Crippen molar-refractivity contribution in [2.45, 2.75) is 19.9 Å². The highest BCUT2D eigenvalue weighted by molar-refractivity contribution is 6.35. The first kappa shape index (κ1) is 18.6. The van der Waals surface area contributed by atoms with E-state index in [9.17, 15) is 18.8 Å². The number of amides is 3. The number of rotatable bonds is 3. The van der Waals surface area contributed by atoms with Crippen molar-refractivity contribution in [1.82, 2.24) is 15.1 Å². The predicted molar refractivity (Wildman–Crippen MR) is 91.9 cm³/mol. The lowest BCUT2D eigenvalue weighted by molar-refractivity contribution is -0.148. The van der Waals surface area contributed by atoms with Gasteiger partial charge in [0.1, 0.15) is 5.82 Å². The van der Waals surface area contributed by atoms with Gasteiger partial charge in [-0.05, 0) is 37.6 Å². The number of nitrogens with one attached hydrogen (secondary N) is 1. The average molecular weight is 347 g/mol. The molecule has 25 heavy (non-hydrogen) atoms. The molecule has 1 saturated heterocycles. The summed E-state index contributed by atoms with van der Waals surface area (Å²) in [5.74, 6) is -1.69. The Morgan fingerprint density at radius 1 is 1.04 bits per heavy atom. The number of hydrogen-bond donors (Lipinski definition) is 1. The van der Waals surface area contributed by atoms with Crippen LogP contribution in [0.15, 0.2) is 30.3 Å². The van der Waals surface area contributed by atoms with E-state index < -0.39 is 11.8 Å². The topological polar surface area (TPSA) is 69.7 Å². The number of halogens is 1. The van der Waals surface area contributed by atoms with Gasteiger partial charge < -0.3 is 15.1 Å². The molecule has 1 aliphatic heterocycles. The second kappa shape index (κ2) is 8.41. The lowest BCUT2D eigenvalue weighted by Gasteiger charge is -2.33. The predicted octanol–water partition coefficient (Wildman–Crippen LogP) is 1.03. The highest BCUT2D eigenvalue weighted by Crippen LogP contribution is 2.07. The van der Waals surface area contributed by atoms with Crippen molar-refractivity contribution in [1.29, 1.82) is 0 Å². The summed E-state index contributed by atoms with van der Waals surface area (Å²) in [6, 6.07) is 5.73. The summed E-state index contributed by atoms with van der Waals surface area (Å²) in [5.41, 5.74) is 0.730. The smallest absolute Gasteiger partial charge is 0.312 e. The van der Waals surface area contributed by atoms with Crippen molar-refractivity contribution < 1.29 is 18.8 Å². The van der Waals surface area contributed by atoms with Gasteiger partial charge in [-0.2, -0.15) is 0 Å². The number of carbonyl (C=O) groups is 3. The van der Waals surface area contributed by atoms with Gasteiger partial charge in [0.2, 0.25) is 5.91 Å². The van der Waals surface area contributed by atoms with Gasteiger partial charge in [0.05, 0.1) is 0 Å². The summed E-state index contributed by atoms with van der Waals surface area (Å²) in [5, 5.41) is 2.57. The minimum atomic E-state index is -0.619. The Bertz CT molecular complexity index is 663. The molecule has 1 heterocycles. The Labute approximate surface area is 146 Å². The molecule has 7 heteroatoms. The number of piperazine rings is 1. The Hall–Kier alpha value is -2.70. The normalized spacial score (nSPS) is 14.9. The second-order valence-corrected chi connectivity index (χ2v) is 6.13. The maximum atomic E-state index is 12.8. The average Bonchev–Trinajstić information content (AvgIpc) is 2.60. The van der Waals surface area contributed by atoms with Crippen LogP contribution in [0.1, 0.15) is 19.4 Å². The van der Waals surface area contributed by atoms with E-state index in [0.29, 0.717) is 26.2 Å². The van der Waals surface area contributed by atoms with Gasteiger partial charge in [-0.1, -0.05) is 12.1 Å². The molecular formula is C18H22FN3O3. The summed E-state index contributed by atoms with van der Waals surface area (Å²) in [6.45, 7) is 4.95. The molecule has 1 N–H and O–H groups in total. The SMILES string of the molecule is CC(C)NC(=O)C(=O)N1CCN(C(=O)/C=C/c2ccc(F)cc2)CC1. The van der Waals surface area contributed by atoms with Gasteiger partial charge in [-0.25, -0.2) is 4.39 Å². The summed E-state index contributed by atoms with van der Waals surface area (Å²) >= 11 is 0. The van der Waals surface area contributed by atoms with Gasteiger partial charge in [0.15, 0.2) is 0 Å². The third kappa shape index (κ3) is 5.41. The van der Waals surface area contributed by atoms with Gasteiger partial charge in [-0.3, -0.25) is 14.4 Å². The molecule has 1 aromatic rings. The van der Waals surface area contributed by atoms with Crippen LogP contribution in [0.25, 0.3) is 6.08 Å². The standard InChI is InChI=1S/C18H22FN3O3/c1-13(2)20-17(24)18(25)22-11-9-21(10-12-22)16(23)8-5-14-3-6-15(19)7-4-14/h3-8,13H,9-12H2,1-2H3,(H,20,24)/b8-5+. The molecule has 0 aromatic heterocycles. The molecule has 2 rings (SSSR count). The van der Waals surface area contributed by atoms with E-state index in [1.807, 2.05) is 0 Å². The van der Waals surface area contributed by atoms with Crippen molar-refractivity contribution in [2.24, 2.45) is 0 Å². The quantitative estimate of drug-likeness (QED) is 0.656. The molecule has 1 fully saturated rings. The highest BCUT2D eigenvalue weighted by atomic mass is 19.1. The summed E-state index contributed by atoms with van der Waals surface area (Å²) in [6.07, 6.45) is 3.05. The molecule has 1 aliphatic rings. The van der Waals surface area contributed by atoms with Crippen LogP contribution in [0.3, 0.4) is 0 Å². The molecule has 0 radical (unpaired) electrons. The van der Waals surface area contributed by atoms with Crippen LogP contribution in [0, 0.1) is 5.82 Å². The van der Waals surface area contributed by atoms with Gasteiger partial charge in [0.25, 0.3) is 0 Å². The molecule has 0 bridgehead atoms. The zero-order valence-corrected chi connectivity index (χ0v) is 14.4. The fourth-order valence-corrected chi connectivity index (χ4v) is 2.44. The molecule has 0 atom stereocenters. The largest absolute Gasteiger partial charge is 0.346 e. The van der Waals surface area contributed by atoms with E-state index in [1.165, 1.54) is 23.1 Å². The van der Waals surface area contributed by atoms with E-state index in [0.717, 1.165) is 5.56 Å². The van der Waals surface area contributed by atoms with E-state index >= 15 is 0 Å². The van der Waals surface area contributed by atoms with Crippen LogP contribution in [0.5, 0.6) is 0 Å². The number of hydrogen-bond acceptors (Lipinski definition) is 3. The summed E-state index contributed by atoms with van der Waals surface area (Å²) in [4.78, 5) is 39.0. The van der Waals surface area contributed by atoms with E-state index in [2.05, 4.69) is 5.32 Å². The third-order valence-electron chi connectivity index (χ3n) is 3.78. The van der Waals surface area contributed by atoms with Crippen molar-refractivity contribution >= 4 is 23.8 Å². The maximum Gasteiger partial charge on any atom is 0.312 e. The number of nitrogens with zero attached hydrogens (tertiary/aromatic N) is 2. The first-order valence-corrected chi connectivity index (χ1v) is 8.19. The lowest BCUT2D eigenvalue weighted by atomic mass is 10.2. The fraction of sp³-hybridized carbons (Fsp3) is 0.389. The maximum absolute atomic E-state index is 12.8. The van der Waals surface area contributed by atoms with Crippen LogP contribution in [-0.2, 0) is 14.4 Å². The molecule has 0 spiro atoms. The number of benzene rings is 1. The van der Waals surface area contributed by atoms with Crippen LogP contribution in [-0.4, -0.2) is 59.7 Å². The number of carbonyl (C=O) groups excluding carboxylic acids is 3. The third-order valence-corrected chi connectivity index (χ3v) is 3.78. The minimum Gasteiger partial charge on any atom is -0.346 e. The van der Waals surface area contributed by atoms with E-state index in [4.69, 9.17) is 0 Å².